The molecule has 3 rings (SSSR count). The van der Waals surface area contributed by atoms with Crippen LogP contribution in [0.15, 0.2) is 18.2 Å². The van der Waals surface area contributed by atoms with E-state index in [1.165, 1.54) is 31.2 Å². The highest BCUT2D eigenvalue weighted by Crippen LogP contribution is 2.35. The Morgan fingerprint density at radius 3 is 2.48 bits per heavy atom. The predicted octanol–water partition coefficient (Wildman–Crippen LogP) is 1.73. The molecule has 25 heavy (non-hydrogen) atoms. The molecule has 8 heteroatoms. The zero-order valence-electron chi connectivity index (χ0n) is 14.9. The second-order valence-corrected chi connectivity index (χ2v) is 8.68. The van der Waals surface area contributed by atoms with E-state index in [2.05, 4.69) is 9.62 Å². The van der Waals surface area contributed by atoms with Crippen LogP contribution in [0.3, 0.4) is 0 Å². The van der Waals surface area contributed by atoms with Gasteiger partial charge in [0.15, 0.2) is 11.5 Å². The van der Waals surface area contributed by atoms with Gasteiger partial charge < -0.3 is 9.47 Å². The van der Waals surface area contributed by atoms with Gasteiger partial charge in [-0.3, -0.25) is 4.90 Å². The number of ether oxygens (including phenoxy) is 2. The first-order valence-electron chi connectivity index (χ1n) is 8.78. The number of hydrogen-bond donors (Lipinski definition) is 1. The van der Waals surface area contributed by atoms with E-state index in [4.69, 9.17) is 9.47 Å². The summed E-state index contributed by atoms with van der Waals surface area (Å²) in [6.45, 7) is 2.52. The molecule has 0 radical (unpaired) electrons. The van der Waals surface area contributed by atoms with Crippen LogP contribution in [0.5, 0.6) is 11.5 Å². The van der Waals surface area contributed by atoms with Gasteiger partial charge in [-0.1, -0.05) is 18.9 Å². The maximum Gasteiger partial charge on any atom is 0.278 e. The lowest BCUT2D eigenvalue weighted by Gasteiger charge is -2.31. The van der Waals surface area contributed by atoms with Crippen LogP contribution in [0.4, 0.5) is 0 Å². The van der Waals surface area contributed by atoms with E-state index in [9.17, 15) is 8.42 Å². The first kappa shape index (κ1) is 18.4. The third kappa shape index (κ3) is 4.44. The van der Waals surface area contributed by atoms with Crippen LogP contribution in [0.1, 0.15) is 37.3 Å². The first-order valence-corrected chi connectivity index (χ1v) is 10.2. The fourth-order valence-electron chi connectivity index (χ4n) is 3.30. The molecule has 0 bridgehead atoms. The number of nitrogens with zero attached hydrogens (tertiary/aromatic N) is 2. The summed E-state index contributed by atoms with van der Waals surface area (Å²) < 4.78 is 39.1. The molecule has 1 saturated heterocycles. The summed E-state index contributed by atoms with van der Waals surface area (Å²) >= 11 is 0. The van der Waals surface area contributed by atoms with Crippen molar-refractivity contribution in [1.82, 2.24) is 13.9 Å². The lowest BCUT2D eigenvalue weighted by atomic mass is 10.0. The Balaban J connectivity index is 1.83. The molecule has 7 nitrogen and oxygen atoms in total. The second kappa shape index (κ2) is 7.90. The third-order valence-electron chi connectivity index (χ3n) is 4.80. The molecule has 1 unspecified atom stereocenters. The van der Waals surface area contributed by atoms with Gasteiger partial charge in [-0.15, -0.1) is 0 Å². The van der Waals surface area contributed by atoms with Crippen LogP contribution in [0, 0.1) is 0 Å². The van der Waals surface area contributed by atoms with Crippen molar-refractivity contribution in [3.8, 4) is 11.5 Å². The van der Waals surface area contributed by atoms with E-state index >= 15 is 0 Å². The Kier molecular flexibility index (Phi) is 5.83. The van der Waals surface area contributed by atoms with Gasteiger partial charge in [-0.05, 0) is 43.6 Å². The van der Waals surface area contributed by atoms with E-state index in [1.807, 2.05) is 18.2 Å². The quantitative estimate of drug-likeness (QED) is 0.827. The summed E-state index contributed by atoms with van der Waals surface area (Å²) in [7, 11) is -0.397. The van der Waals surface area contributed by atoms with Crippen molar-refractivity contribution >= 4 is 10.2 Å². The lowest BCUT2D eigenvalue weighted by molar-refractivity contribution is 0.173. The van der Waals surface area contributed by atoms with Crippen LogP contribution in [-0.4, -0.2) is 58.1 Å². The smallest absolute Gasteiger partial charge is 0.278 e. The Morgan fingerprint density at radius 1 is 1.12 bits per heavy atom. The number of fused-ring (bicyclic) bond motifs is 1. The van der Waals surface area contributed by atoms with Gasteiger partial charge in [0.2, 0.25) is 6.79 Å². The van der Waals surface area contributed by atoms with Gasteiger partial charge in [0.05, 0.1) is 0 Å². The monoisotopic (exact) mass is 369 g/mol. The molecule has 1 fully saturated rings. The molecular weight excluding hydrogens is 342 g/mol. The van der Waals surface area contributed by atoms with Gasteiger partial charge in [-0.2, -0.15) is 12.7 Å². The fraction of sp³-hybridized carbons (Fsp3) is 0.647. The third-order valence-corrected chi connectivity index (χ3v) is 6.30. The van der Waals surface area contributed by atoms with Gasteiger partial charge in [-0.25, -0.2) is 4.72 Å². The average molecular weight is 369 g/mol. The van der Waals surface area contributed by atoms with Gasteiger partial charge in [0.1, 0.15) is 0 Å². The summed E-state index contributed by atoms with van der Waals surface area (Å²) in [6.07, 6.45) is 4.74. The summed E-state index contributed by atoms with van der Waals surface area (Å²) in [4.78, 5) is 2.38. The number of nitrogens with one attached hydrogen (secondary N) is 1. The predicted molar refractivity (Wildman–Crippen MR) is 96.0 cm³/mol. The van der Waals surface area contributed by atoms with Crippen molar-refractivity contribution in [2.24, 2.45) is 0 Å². The van der Waals surface area contributed by atoms with E-state index in [0.717, 1.165) is 43.0 Å². The van der Waals surface area contributed by atoms with E-state index in [0.29, 0.717) is 6.54 Å². The highest BCUT2D eigenvalue weighted by Gasteiger charge is 2.26. The van der Waals surface area contributed by atoms with Crippen molar-refractivity contribution in [1.29, 1.82) is 0 Å². The second-order valence-electron chi connectivity index (χ2n) is 6.71. The number of likely N-dealkylation sites (tertiary alicyclic amines) is 1. The van der Waals surface area contributed by atoms with Crippen LogP contribution >= 0.6 is 0 Å². The van der Waals surface area contributed by atoms with Crippen molar-refractivity contribution in [2.45, 2.75) is 31.7 Å². The minimum Gasteiger partial charge on any atom is -0.454 e. The normalized spacial score (nSPS) is 19.8. The minimum atomic E-state index is -3.46. The van der Waals surface area contributed by atoms with E-state index < -0.39 is 10.2 Å². The van der Waals surface area contributed by atoms with E-state index in [-0.39, 0.29) is 12.8 Å². The standard InChI is InChI=1S/C17H27N3O4S/c1-19(2)25(21,22)18-12-15(20-9-5-3-4-6-10-20)14-7-8-16-17(11-14)24-13-23-16/h7-8,11,15,18H,3-6,9-10,12-13H2,1-2H3. The topological polar surface area (TPSA) is 71.1 Å². The van der Waals surface area contributed by atoms with Gasteiger partial charge in [0, 0.05) is 26.7 Å². The zero-order chi connectivity index (χ0) is 17.9. The zero-order valence-corrected chi connectivity index (χ0v) is 15.7. The van der Waals surface area contributed by atoms with Gasteiger partial charge in [0.25, 0.3) is 10.2 Å². The average Bonchev–Trinajstić information content (AvgIpc) is 2.88. The van der Waals surface area contributed by atoms with E-state index in [1.54, 1.807) is 0 Å². The number of benzene rings is 1. The SMILES string of the molecule is CN(C)S(=O)(=O)NCC(c1ccc2c(c1)OCO2)N1CCCCCC1. The molecule has 1 N–H and O–H groups in total. The lowest BCUT2D eigenvalue weighted by Crippen LogP contribution is -2.42. The molecule has 2 heterocycles. The molecular formula is C17H27N3O4S. The minimum absolute atomic E-state index is 0.0256. The summed E-state index contributed by atoms with van der Waals surface area (Å²) in [6, 6.07) is 5.86. The van der Waals surface area contributed by atoms with Crippen LogP contribution in [0.2, 0.25) is 0 Å². The Labute approximate surface area is 150 Å². The van der Waals surface area contributed by atoms with Crippen LogP contribution in [-0.2, 0) is 10.2 Å². The number of hydrogen-bond acceptors (Lipinski definition) is 5. The molecule has 0 amide bonds. The maximum atomic E-state index is 12.2. The Morgan fingerprint density at radius 2 is 1.80 bits per heavy atom. The van der Waals surface area contributed by atoms with Crippen LogP contribution < -0.4 is 14.2 Å². The Hall–Kier alpha value is -1.35. The van der Waals surface area contributed by atoms with Crippen molar-refractivity contribution < 1.29 is 17.9 Å². The molecule has 1 aromatic rings. The maximum absolute atomic E-state index is 12.2. The molecule has 140 valence electrons. The summed E-state index contributed by atoms with van der Waals surface area (Å²) in [5, 5.41) is 0. The molecule has 0 spiro atoms. The molecule has 1 atom stereocenters. The Bertz CT molecular complexity index is 685. The van der Waals surface area contributed by atoms with Crippen molar-refractivity contribution in [3.63, 3.8) is 0 Å². The first-order chi connectivity index (χ1) is 12.0. The molecule has 0 aromatic heterocycles. The largest absolute Gasteiger partial charge is 0.454 e. The molecule has 0 aliphatic carbocycles. The fourth-order valence-corrected chi connectivity index (χ4v) is 3.93. The molecule has 2 aliphatic heterocycles. The van der Waals surface area contributed by atoms with Crippen molar-refractivity contribution in [3.05, 3.63) is 23.8 Å². The number of rotatable bonds is 6. The highest BCUT2D eigenvalue weighted by atomic mass is 32.2. The molecule has 2 aliphatic rings. The summed E-state index contributed by atoms with van der Waals surface area (Å²) in [5.74, 6) is 1.47. The van der Waals surface area contributed by atoms with Gasteiger partial charge >= 0.3 is 0 Å². The highest BCUT2D eigenvalue weighted by molar-refractivity contribution is 7.87. The van der Waals surface area contributed by atoms with Crippen molar-refractivity contribution in [2.75, 3.05) is 40.5 Å². The molecule has 0 saturated carbocycles. The van der Waals surface area contributed by atoms with Crippen LogP contribution in [0.25, 0.3) is 0 Å². The summed E-state index contributed by atoms with van der Waals surface area (Å²) in [5.41, 5.74) is 1.05. The molecule has 1 aromatic carbocycles.